The first-order valence-electron chi connectivity index (χ1n) is 5.62. The number of anilines is 2. The first-order chi connectivity index (χ1) is 8.28. The van der Waals surface area contributed by atoms with Gasteiger partial charge in [-0.3, -0.25) is 0 Å². The van der Waals surface area contributed by atoms with Gasteiger partial charge in [0.15, 0.2) is 5.13 Å². The quantitative estimate of drug-likeness (QED) is 0.813. The van der Waals surface area contributed by atoms with E-state index in [4.69, 9.17) is 11.6 Å². The summed E-state index contributed by atoms with van der Waals surface area (Å²) in [5, 5.41) is 6.30. The maximum Gasteiger partial charge on any atom is 0.187 e. The number of aryl methyl sites for hydroxylation is 2. The van der Waals surface area contributed by atoms with Crippen molar-refractivity contribution in [3.05, 3.63) is 40.9 Å². The molecule has 0 radical (unpaired) electrons. The van der Waals surface area contributed by atoms with Crippen LogP contribution in [0.5, 0.6) is 0 Å². The van der Waals surface area contributed by atoms with Crippen molar-refractivity contribution in [3.63, 3.8) is 0 Å². The van der Waals surface area contributed by atoms with Gasteiger partial charge in [0.05, 0.1) is 5.69 Å². The van der Waals surface area contributed by atoms with Gasteiger partial charge in [-0.25, -0.2) is 4.98 Å². The van der Waals surface area contributed by atoms with Gasteiger partial charge >= 0.3 is 0 Å². The number of hydrogen-bond donors (Lipinski definition) is 1. The van der Waals surface area contributed by atoms with Crippen LogP contribution in [0.2, 0.25) is 0 Å². The van der Waals surface area contributed by atoms with Crippen molar-refractivity contribution in [3.8, 4) is 0 Å². The van der Waals surface area contributed by atoms with Gasteiger partial charge in [0.2, 0.25) is 0 Å². The van der Waals surface area contributed by atoms with Crippen LogP contribution in [0.1, 0.15) is 17.7 Å². The summed E-state index contributed by atoms with van der Waals surface area (Å²) in [5.41, 5.74) is 3.45. The monoisotopic (exact) mass is 266 g/mol. The highest BCUT2D eigenvalue weighted by Gasteiger charge is 2.00. The molecular formula is C13H15ClN2S. The van der Waals surface area contributed by atoms with Crippen LogP contribution in [0.25, 0.3) is 0 Å². The number of thiazole rings is 1. The number of aromatic nitrogens is 1. The maximum absolute atomic E-state index is 5.70. The van der Waals surface area contributed by atoms with Crippen LogP contribution in [0.4, 0.5) is 10.8 Å². The summed E-state index contributed by atoms with van der Waals surface area (Å²) in [6, 6.07) is 8.40. The molecule has 0 fully saturated rings. The standard InChI is InChI=1S/C13H15ClN2S/c1-10-9-17-13(15-10)16-12-6-2-4-11(8-12)5-3-7-14/h2,4,6,8-9H,3,5,7H2,1H3,(H,15,16). The van der Waals surface area contributed by atoms with E-state index in [-0.39, 0.29) is 0 Å². The molecule has 90 valence electrons. The second kappa shape index (κ2) is 6.03. The number of alkyl halides is 1. The molecule has 0 bridgehead atoms. The predicted octanol–water partition coefficient (Wildman–Crippen LogP) is 4.37. The molecule has 4 heteroatoms. The molecule has 1 aromatic carbocycles. The van der Waals surface area contributed by atoms with Crippen LogP contribution >= 0.6 is 22.9 Å². The van der Waals surface area contributed by atoms with E-state index in [9.17, 15) is 0 Å². The topological polar surface area (TPSA) is 24.9 Å². The molecule has 0 spiro atoms. The lowest BCUT2D eigenvalue weighted by molar-refractivity contribution is 0.929. The molecule has 2 aromatic rings. The Kier molecular flexibility index (Phi) is 4.40. The van der Waals surface area contributed by atoms with Crippen LogP contribution in [-0.4, -0.2) is 10.9 Å². The van der Waals surface area contributed by atoms with E-state index in [0.717, 1.165) is 29.4 Å². The first kappa shape index (κ1) is 12.4. The molecule has 0 unspecified atom stereocenters. The fourth-order valence-electron chi connectivity index (χ4n) is 1.61. The minimum Gasteiger partial charge on any atom is -0.332 e. The lowest BCUT2D eigenvalue weighted by Gasteiger charge is -2.05. The SMILES string of the molecule is Cc1csc(Nc2cccc(CCCCl)c2)n1. The second-order valence-electron chi connectivity index (χ2n) is 3.91. The summed E-state index contributed by atoms with van der Waals surface area (Å²) in [7, 11) is 0. The van der Waals surface area contributed by atoms with Crippen molar-refractivity contribution in [1.82, 2.24) is 4.98 Å². The van der Waals surface area contributed by atoms with Crippen LogP contribution in [0.3, 0.4) is 0 Å². The molecule has 0 aliphatic heterocycles. The third kappa shape index (κ3) is 3.72. The van der Waals surface area contributed by atoms with Crippen LogP contribution < -0.4 is 5.32 Å². The Labute approximate surface area is 111 Å². The van der Waals surface area contributed by atoms with Crippen molar-refractivity contribution in [2.75, 3.05) is 11.2 Å². The average Bonchev–Trinajstić information content (AvgIpc) is 2.73. The van der Waals surface area contributed by atoms with Crippen molar-refractivity contribution < 1.29 is 0 Å². The normalized spacial score (nSPS) is 10.5. The molecule has 0 atom stereocenters. The smallest absolute Gasteiger partial charge is 0.187 e. The number of rotatable bonds is 5. The van der Waals surface area contributed by atoms with Crippen molar-refractivity contribution in [1.29, 1.82) is 0 Å². The molecular weight excluding hydrogens is 252 g/mol. The van der Waals surface area contributed by atoms with Crippen molar-refractivity contribution in [2.24, 2.45) is 0 Å². The number of nitrogens with zero attached hydrogens (tertiary/aromatic N) is 1. The fraction of sp³-hybridized carbons (Fsp3) is 0.308. The van der Waals surface area contributed by atoms with E-state index >= 15 is 0 Å². The van der Waals surface area contributed by atoms with Gasteiger partial charge in [-0.15, -0.1) is 22.9 Å². The maximum atomic E-state index is 5.70. The molecule has 0 aliphatic rings. The van der Waals surface area contributed by atoms with Gasteiger partial charge in [0.1, 0.15) is 0 Å². The van der Waals surface area contributed by atoms with Gasteiger partial charge in [0.25, 0.3) is 0 Å². The lowest BCUT2D eigenvalue weighted by atomic mass is 10.1. The zero-order valence-electron chi connectivity index (χ0n) is 9.74. The van der Waals surface area contributed by atoms with E-state index in [0.29, 0.717) is 5.88 Å². The van der Waals surface area contributed by atoms with Gasteiger partial charge in [-0.1, -0.05) is 12.1 Å². The number of benzene rings is 1. The average molecular weight is 267 g/mol. The summed E-state index contributed by atoms with van der Waals surface area (Å²) in [6.45, 7) is 2.00. The Hall–Kier alpha value is -1.06. The molecule has 2 nitrogen and oxygen atoms in total. The Morgan fingerprint density at radius 3 is 3.00 bits per heavy atom. The summed E-state index contributed by atoms with van der Waals surface area (Å²) in [4.78, 5) is 4.38. The summed E-state index contributed by atoms with van der Waals surface area (Å²) < 4.78 is 0. The fourth-order valence-corrected chi connectivity index (χ4v) is 2.45. The van der Waals surface area contributed by atoms with Crippen molar-refractivity contribution in [2.45, 2.75) is 19.8 Å². The number of hydrogen-bond acceptors (Lipinski definition) is 3. The molecule has 0 saturated heterocycles. The Morgan fingerprint density at radius 2 is 2.29 bits per heavy atom. The second-order valence-corrected chi connectivity index (χ2v) is 5.15. The predicted molar refractivity (Wildman–Crippen MR) is 75.6 cm³/mol. The molecule has 0 amide bonds. The van der Waals surface area contributed by atoms with E-state index in [1.165, 1.54) is 5.56 Å². The molecule has 1 aromatic heterocycles. The molecule has 0 saturated carbocycles. The summed E-state index contributed by atoms with van der Waals surface area (Å²) >= 11 is 7.32. The van der Waals surface area contributed by atoms with Crippen molar-refractivity contribution >= 4 is 33.8 Å². The largest absolute Gasteiger partial charge is 0.332 e. The zero-order valence-corrected chi connectivity index (χ0v) is 11.3. The van der Waals surface area contributed by atoms with Crippen LogP contribution in [0, 0.1) is 6.92 Å². The highest BCUT2D eigenvalue weighted by molar-refractivity contribution is 7.13. The van der Waals surface area contributed by atoms with Gasteiger partial charge in [0, 0.05) is 16.9 Å². The van der Waals surface area contributed by atoms with E-state index in [1.54, 1.807) is 11.3 Å². The van der Waals surface area contributed by atoms with E-state index < -0.39 is 0 Å². The van der Waals surface area contributed by atoms with Gasteiger partial charge in [-0.05, 0) is 37.5 Å². The van der Waals surface area contributed by atoms with E-state index in [1.807, 2.05) is 12.3 Å². The number of halogens is 1. The van der Waals surface area contributed by atoms with E-state index in [2.05, 4.69) is 34.6 Å². The third-order valence-corrected chi connectivity index (χ3v) is 3.54. The van der Waals surface area contributed by atoms with Gasteiger partial charge < -0.3 is 5.32 Å². The Bertz CT molecular complexity index is 482. The number of nitrogens with one attached hydrogen (secondary N) is 1. The molecule has 2 rings (SSSR count). The summed E-state index contributed by atoms with van der Waals surface area (Å²) in [5.74, 6) is 0.712. The third-order valence-electron chi connectivity index (χ3n) is 2.40. The lowest BCUT2D eigenvalue weighted by Crippen LogP contribution is -1.92. The Morgan fingerprint density at radius 1 is 1.41 bits per heavy atom. The van der Waals surface area contributed by atoms with Crippen LogP contribution in [-0.2, 0) is 6.42 Å². The molecule has 0 aliphatic carbocycles. The first-order valence-corrected chi connectivity index (χ1v) is 7.03. The highest BCUT2D eigenvalue weighted by atomic mass is 35.5. The molecule has 1 heterocycles. The van der Waals surface area contributed by atoms with Crippen LogP contribution in [0.15, 0.2) is 29.6 Å². The zero-order chi connectivity index (χ0) is 12.1. The highest BCUT2D eigenvalue weighted by Crippen LogP contribution is 2.21. The molecule has 1 N–H and O–H groups in total. The Balaban J connectivity index is 2.05. The minimum atomic E-state index is 0.712. The van der Waals surface area contributed by atoms with Gasteiger partial charge in [-0.2, -0.15) is 0 Å². The summed E-state index contributed by atoms with van der Waals surface area (Å²) in [6.07, 6.45) is 2.04. The minimum absolute atomic E-state index is 0.712. The molecule has 17 heavy (non-hydrogen) atoms.